The lowest BCUT2D eigenvalue weighted by Gasteiger charge is -2.04. The van der Waals surface area contributed by atoms with Crippen LogP contribution >= 0.6 is 27.3 Å². The largest absolute Gasteiger partial charge is 0.397 e. The number of fused-ring (bicyclic) bond motifs is 2. The van der Waals surface area contributed by atoms with Crippen molar-refractivity contribution in [2.24, 2.45) is 0 Å². The summed E-state index contributed by atoms with van der Waals surface area (Å²) >= 11 is 4.76. The summed E-state index contributed by atoms with van der Waals surface area (Å²) in [5.74, 6) is -0.191. The van der Waals surface area contributed by atoms with Crippen molar-refractivity contribution in [3.05, 3.63) is 50.9 Å². The van der Waals surface area contributed by atoms with Crippen LogP contribution in [-0.2, 0) is 12.8 Å². The predicted molar refractivity (Wildman–Crippen MR) is 98.2 cm³/mol. The highest BCUT2D eigenvalue weighted by atomic mass is 79.9. The second-order valence-electron chi connectivity index (χ2n) is 5.61. The molecule has 1 aliphatic rings. The van der Waals surface area contributed by atoms with E-state index in [1.165, 1.54) is 16.9 Å². The number of benzene rings is 1. The van der Waals surface area contributed by atoms with Gasteiger partial charge < -0.3 is 11.1 Å². The number of carbonyl (C=O) groups excluding carboxylic acids is 1. The van der Waals surface area contributed by atoms with Gasteiger partial charge in [0.2, 0.25) is 0 Å². The number of nitrogen functional groups attached to an aromatic ring is 1. The predicted octanol–water partition coefficient (Wildman–Crippen LogP) is 4.38. The number of nitrogens with two attached hydrogens (primary N) is 1. The lowest BCUT2D eigenvalue weighted by atomic mass is 10.1. The van der Waals surface area contributed by atoms with Gasteiger partial charge >= 0.3 is 0 Å². The number of nitrogens with zero attached hydrogens (tertiary/aromatic N) is 1. The first kappa shape index (κ1) is 14.7. The molecule has 0 radical (unpaired) electrons. The van der Waals surface area contributed by atoms with Gasteiger partial charge in [0.15, 0.2) is 0 Å². The number of anilines is 2. The van der Waals surface area contributed by atoms with Gasteiger partial charge in [0.05, 0.1) is 5.69 Å². The van der Waals surface area contributed by atoms with Crippen molar-refractivity contribution in [2.45, 2.75) is 19.3 Å². The van der Waals surface area contributed by atoms with E-state index in [1.807, 2.05) is 24.3 Å². The molecule has 0 unspecified atom stereocenters. The molecule has 0 saturated heterocycles. The van der Waals surface area contributed by atoms with E-state index in [2.05, 4.69) is 27.3 Å². The standard InChI is InChI=1S/C17H14BrN3OS/c18-10-4-2-5-11(8-10)20-16(22)15-14(19)12-7-9-3-1-6-13(9)21-17(12)23-15/h2,4-5,7-8H,1,3,6,19H2,(H,20,22). The first-order valence-electron chi connectivity index (χ1n) is 7.39. The smallest absolute Gasteiger partial charge is 0.267 e. The second kappa shape index (κ2) is 5.62. The summed E-state index contributed by atoms with van der Waals surface area (Å²) < 4.78 is 0.915. The summed E-state index contributed by atoms with van der Waals surface area (Å²) in [6.45, 7) is 0. The molecule has 0 atom stereocenters. The zero-order chi connectivity index (χ0) is 16.0. The molecule has 3 aromatic rings. The molecule has 0 spiro atoms. The van der Waals surface area contributed by atoms with E-state index in [-0.39, 0.29) is 5.91 Å². The van der Waals surface area contributed by atoms with Crippen LogP contribution in [0, 0.1) is 0 Å². The Morgan fingerprint density at radius 1 is 1.30 bits per heavy atom. The van der Waals surface area contributed by atoms with Crippen LogP contribution in [0.3, 0.4) is 0 Å². The molecule has 1 amide bonds. The number of hydrogen-bond donors (Lipinski definition) is 2. The summed E-state index contributed by atoms with van der Waals surface area (Å²) in [7, 11) is 0. The number of aromatic nitrogens is 1. The molecule has 4 nitrogen and oxygen atoms in total. The Kier molecular flexibility index (Phi) is 3.58. The van der Waals surface area contributed by atoms with Crippen LogP contribution in [0.15, 0.2) is 34.8 Å². The van der Waals surface area contributed by atoms with E-state index in [1.54, 1.807) is 0 Å². The number of carbonyl (C=O) groups is 1. The number of pyridine rings is 1. The van der Waals surface area contributed by atoms with Gasteiger partial charge in [-0.25, -0.2) is 4.98 Å². The number of halogens is 1. The number of thiophene rings is 1. The van der Waals surface area contributed by atoms with E-state index in [4.69, 9.17) is 10.7 Å². The Bertz CT molecular complexity index is 935. The lowest BCUT2D eigenvalue weighted by Crippen LogP contribution is -2.11. The van der Waals surface area contributed by atoms with E-state index >= 15 is 0 Å². The maximum absolute atomic E-state index is 12.5. The van der Waals surface area contributed by atoms with Crippen LogP contribution < -0.4 is 11.1 Å². The minimum Gasteiger partial charge on any atom is -0.397 e. The van der Waals surface area contributed by atoms with Crippen molar-refractivity contribution in [3.63, 3.8) is 0 Å². The van der Waals surface area contributed by atoms with E-state index < -0.39 is 0 Å². The molecule has 4 rings (SSSR count). The number of amides is 1. The zero-order valence-electron chi connectivity index (χ0n) is 12.2. The van der Waals surface area contributed by atoms with Crippen molar-refractivity contribution in [1.82, 2.24) is 4.98 Å². The molecule has 1 aliphatic carbocycles. The average molecular weight is 388 g/mol. The molecule has 0 saturated carbocycles. The van der Waals surface area contributed by atoms with Crippen LogP contribution in [0.2, 0.25) is 0 Å². The van der Waals surface area contributed by atoms with Crippen LogP contribution in [0.4, 0.5) is 11.4 Å². The summed E-state index contributed by atoms with van der Waals surface area (Å²) in [6, 6.07) is 9.59. The Hall–Kier alpha value is -1.92. The highest BCUT2D eigenvalue weighted by molar-refractivity contribution is 9.10. The van der Waals surface area contributed by atoms with Gasteiger partial charge in [0.25, 0.3) is 5.91 Å². The fourth-order valence-electron chi connectivity index (χ4n) is 2.92. The van der Waals surface area contributed by atoms with Crippen LogP contribution in [0.1, 0.15) is 27.3 Å². The molecule has 0 aliphatic heterocycles. The molecule has 2 heterocycles. The summed E-state index contributed by atoms with van der Waals surface area (Å²) in [5.41, 5.74) is 9.89. The summed E-state index contributed by atoms with van der Waals surface area (Å²) in [5, 5.41) is 3.79. The fraction of sp³-hybridized carbons (Fsp3) is 0.176. The number of nitrogens with one attached hydrogen (secondary N) is 1. The van der Waals surface area contributed by atoms with Crippen molar-refractivity contribution < 1.29 is 4.79 Å². The Morgan fingerprint density at radius 2 is 2.17 bits per heavy atom. The molecule has 2 aromatic heterocycles. The zero-order valence-corrected chi connectivity index (χ0v) is 14.6. The molecule has 116 valence electrons. The quantitative estimate of drug-likeness (QED) is 0.685. The number of hydrogen-bond acceptors (Lipinski definition) is 4. The van der Waals surface area contributed by atoms with Crippen molar-refractivity contribution in [2.75, 3.05) is 11.1 Å². The van der Waals surface area contributed by atoms with Gasteiger partial charge in [-0.3, -0.25) is 4.79 Å². The Labute approximate surface area is 145 Å². The normalized spacial score (nSPS) is 13.3. The Morgan fingerprint density at radius 3 is 3.00 bits per heavy atom. The van der Waals surface area contributed by atoms with Gasteiger partial charge in [0, 0.05) is 21.2 Å². The van der Waals surface area contributed by atoms with Gasteiger partial charge in [0.1, 0.15) is 9.71 Å². The first-order valence-corrected chi connectivity index (χ1v) is 9.00. The molecule has 6 heteroatoms. The van der Waals surface area contributed by atoms with E-state index in [0.29, 0.717) is 10.6 Å². The highest BCUT2D eigenvalue weighted by Gasteiger charge is 2.21. The molecule has 1 aromatic carbocycles. The van der Waals surface area contributed by atoms with Gasteiger partial charge in [-0.1, -0.05) is 22.0 Å². The minimum absolute atomic E-state index is 0.191. The third-order valence-corrected chi connectivity index (χ3v) is 5.65. The second-order valence-corrected chi connectivity index (χ2v) is 7.52. The molecule has 0 bridgehead atoms. The monoisotopic (exact) mass is 387 g/mol. The SMILES string of the molecule is Nc1c(C(=O)Nc2cccc(Br)c2)sc2nc3c(cc12)CCC3. The minimum atomic E-state index is -0.191. The molecule has 0 fully saturated rings. The molecule has 3 N–H and O–H groups in total. The maximum Gasteiger partial charge on any atom is 0.267 e. The van der Waals surface area contributed by atoms with Crippen LogP contribution in [-0.4, -0.2) is 10.9 Å². The van der Waals surface area contributed by atoms with Gasteiger partial charge in [-0.2, -0.15) is 0 Å². The van der Waals surface area contributed by atoms with E-state index in [0.717, 1.165) is 45.3 Å². The maximum atomic E-state index is 12.5. The highest BCUT2D eigenvalue weighted by Crippen LogP contribution is 2.36. The van der Waals surface area contributed by atoms with Crippen LogP contribution in [0.25, 0.3) is 10.2 Å². The fourth-order valence-corrected chi connectivity index (χ4v) is 4.31. The summed E-state index contributed by atoms with van der Waals surface area (Å²) in [6.07, 6.45) is 3.21. The molecular weight excluding hydrogens is 374 g/mol. The van der Waals surface area contributed by atoms with Gasteiger partial charge in [-0.15, -0.1) is 11.3 Å². The van der Waals surface area contributed by atoms with Crippen LogP contribution in [0.5, 0.6) is 0 Å². The molecule has 23 heavy (non-hydrogen) atoms. The topological polar surface area (TPSA) is 68.0 Å². The van der Waals surface area contributed by atoms with E-state index in [9.17, 15) is 4.79 Å². The summed E-state index contributed by atoms with van der Waals surface area (Å²) in [4.78, 5) is 18.6. The van der Waals surface area contributed by atoms with Crippen molar-refractivity contribution in [3.8, 4) is 0 Å². The average Bonchev–Trinajstić information content (AvgIpc) is 3.10. The lowest BCUT2D eigenvalue weighted by molar-refractivity contribution is 0.103. The number of rotatable bonds is 2. The van der Waals surface area contributed by atoms with Gasteiger partial charge in [-0.05, 0) is 49.1 Å². The van der Waals surface area contributed by atoms with Crippen molar-refractivity contribution >= 4 is 54.8 Å². The first-order chi connectivity index (χ1) is 11.1. The molecular formula is C17H14BrN3OS. The third kappa shape index (κ3) is 2.62. The number of aryl methyl sites for hydroxylation is 2. The Balaban J connectivity index is 1.71. The third-order valence-electron chi connectivity index (χ3n) is 4.04. The van der Waals surface area contributed by atoms with Crippen molar-refractivity contribution in [1.29, 1.82) is 0 Å².